The molecule has 0 radical (unpaired) electrons. The highest BCUT2D eigenvalue weighted by molar-refractivity contribution is 6.11. The largest absolute Gasteiger partial charge is 0.465 e. The Labute approximate surface area is 127 Å². The molecule has 0 aromatic heterocycles. The van der Waals surface area contributed by atoms with Crippen LogP contribution in [0.25, 0.3) is 0 Å². The lowest BCUT2D eigenvalue weighted by Crippen LogP contribution is -2.13. The molecule has 0 saturated heterocycles. The van der Waals surface area contributed by atoms with E-state index in [4.69, 9.17) is 0 Å². The molecule has 2 rings (SSSR count). The molecule has 0 atom stereocenters. The molecule has 0 spiro atoms. The van der Waals surface area contributed by atoms with Crippen LogP contribution in [-0.4, -0.2) is 31.9 Å². The van der Waals surface area contributed by atoms with E-state index in [9.17, 15) is 14.4 Å². The molecule has 0 aliphatic rings. The first-order chi connectivity index (χ1) is 10.6. The standard InChI is InChI=1S/C17H14O5/c1-21-16(19)13-9-8-12(10-14(13)17(20)22-2)15(18)11-6-4-3-5-7-11/h3-10H,1-2H3. The molecule has 0 aliphatic heterocycles. The van der Waals surface area contributed by atoms with Crippen LogP contribution in [0.1, 0.15) is 36.6 Å². The van der Waals surface area contributed by atoms with Crippen LogP contribution in [0.3, 0.4) is 0 Å². The van der Waals surface area contributed by atoms with Crippen LogP contribution in [0.15, 0.2) is 48.5 Å². The van der Waals surface area contributed by atoms with E-state index in [1.54, 1.807) is 30.3 Å². The van der Waals surface area contributed by atoms with Crippen molar-refractivity contribution in [3.63, 3.8) is 0 Å². The minimum absolute atomic E-state index is 0.00358. The van der Waals surface area contributed by atoms with Gasteiger partial charge in [-0.15, -0.1) is 0 Å². The maximum Gasteiger partial charge on any atom is 0.338 e. The number of methoxy groups -OCH3 is 2. The van der Waals surface area contributed by atoms with E-state index in [2.05, 4.69) is 9.47 Å². The molecule has 0 saturated carbocycles. The predicted molar refractivity (Wildman–Crippen MR) is 79.0 cm³/mol. The van der Waals surface area contributed by atoms with Gasteiger partial charge in [0.2, 0.25) is 0 Å². The van der Waals surface area contributed by atoms with E-state index < -0.39 is 11.9 Å². The molecule has 2 aromatic carbocycles. The Hall–Kier alpha value is -2.95. The zero-order valence-corrected chi connectivity index (χ0v) is 12.2. The highest BCUT2D eigenvalue weighted by Crippen LogP contribution is 2.17. The summed E-state index contributed by atoms with van der Waals surface area (Å²) < 4.78 is 9.28. The Kier molecular flexibility index (Phi) is 4.68. The van der Waals surface area contributed by atoms with Crippen LogP contribution in [-0.2, 0) is 9.47 Å². The van der Waals surface area contributed by atoms with Crippen molar-refractivity contribution in [2.45, 2.75) is 0 Å². The first kappa shape index (κ1) is 15.4. The number of ether oxygens (including phenoxy) is 2. The van der Waals surface area contributed by atoms with Gasteiger partial charge in [0, 0.05) is 11.1 Å². The van der Waals surface area contributed by atoms with E-state index in [1.165, 1.54) is 32.4 Å². The fourth-order valence-corrected chi connectivity index (χ4v) is 2.01. The van der Waals surface area contributed by atoms with Gasteiger partial charge in [0.15, 0.2) is 5.78 Å². The third-order valence-corrected chi connectivity index (χ3v) is 3.13. The van der Waals surface area contributed by atoms with Crippen LogP contribution >= 0.6 is 0 Å². The molecule has 112 valence electrons. The van der Waals surface area contributed by atoms with Gasteiger partial charge in [-0.2, -0.15) is 0 Å². The SMILES string of the molecule is COC(=O)c1ccc(C(=O)c2ccccc2)cc1C(=O)OC. The Bertz CT molecular complexity index is 719. The van der Waals surface area contributed by atoms with Crippen molar-refractivity contribution in [3.8, 4) is 0 Å². The smallest absolute Gasteiger partial charge is 0.338 e. The molecule has 0 fully saturated rings. The van der Waals surface area contributed by atoms with Crippen molar-refractivity contribution in [2.75, 3.05) is 14.2 Å². The second kappa shape index (κ2) is 6.67. The van der Waals surface area contributed by atoms with Gasteiger partial charge in [0.1, 0.15) is 0 Å². The Balaban J connectivity index is 2.49. The molecule has 5 nitrogen and oxygen atoms in total. The molecule has 0 amide bonds. The van der Waals surface area contributed by atoms with Crippen LogP contribution in [0, 0.1) is 0 Å². The van der Waals surface area contributed by atoms with Crippen molar-refractivity contribution in [3.05, 3.63) is 70.8 Å². The third-order valence-electron chi connectivity index (χ3n) is 3.13. The van der Waals surface area contributed by atoms with Gasteiger partial charge in [-0.05, 0) is 12.1 Å². The van der Waals surface area contributed by atoms with Crippen molar-refractivity contribution in [1.82, 2.24) is 0 Å². The van der Waals surface area contributed by atoms with Crippen molar-refractivity contribution >= 4 is 17.7 Å². The van der Waals surface area contributed by atoms with Gasteiger partial charge < -0.3 is 9.47 Å². The molecular formula is C17H14O5. The maximum absolute atomic E-state index is 12.4. The van der Waals surface area contributed by atoms with Crippen molar-refractivity contribution in [2.24, 2.45) is 0 Å². The summed E-state index contributed by atoms with van der Waals surface area (Å²) in [5.74, 6) is -1.62. The zero-order valence-electron chi connectivity index (χ0n) is 12.2. The maximum atomic E-state index is 12.4. The number of benzene rings is 2. The van der Waals surface area contributed by atoms with Gasteiger partial charge in [0.25, 0.3) is 0 Å². The molecule has 2 aromatic rings. The molecular weight excluding hydrogens is 284 g/mol. The lowest BCUT2D eigenvalue weighted by atomic mass is 9.98. The summed E-state index contributed by atoms with van der Waals surface area (Å²) in [6, 6.07) is 12.9. The molecule has 5 heteroatoms. The Morgan fingerprint density at radius 3 is 1.91 bits per heavy atom. The van der Waals surface area contributed by atoms with Gasteiger partial charge in [-0.1, -0.05) is 36.4 Å². The number of hydrogen-bond acceptors (Lipinski definition) is 5. The number of rotatable bonds is 4. The van der Waals surface area contributed by atoms with Gasteiger partial charge >= 0.3 is 11.9 Å². The number of esters is 2. The summed E-state index contributed by atoms with van der Waals surface area (Å²) in [5.41, 5.74) is 0.832. The average molecular weight is 298 g/mol. The van der Waals surface area contributed by atoms with Crippen molar-refractivity contribution < 1.29 is 23.9 Å². The summed E-state index contributed by atoms with van der Waals surface area (Å²) in [4.78, 5) is 35.9. The first-order valence-corrected chi connectivity index (χ1v) is 6.49. The highest BCUT2D eigenvalue weighted by atomic mass is 16.5. The van der Waals surface area contributed by atoms with E-state index in [0.29, 0.717) is 11.1 Å². The zero-order chi connectivity index (χ0) is 16.1. The lowest BCUT2D eigenvalue weighted by Gasteiger charge is -2.08. The van der Waals surface area contributed by atoms with E-state index in [-0.39, 0.29) is 16.9 Å². The monoisotopic (exact) mass is 298 g/mol. The fraction of sp³-hybridized carbons (Fsp3) is 0.118. The van der Waals surface area contributed by atoms with Gasteiger partial charge in [-0.25, -0.2) is 9.59 Å². The lowest BCUT2D eigenvalue weighted by molar-refractivity contribution is 0.0555. The summed E-state index contributed by atoms with van der Waals surface area (Å²) in [6.45, 7) is 0. The van der Waals surface area contributed by atoms with E-state index in [0.717, 1.165) is 0 Å². The topological polar surface area (TPSA) is 69.7 Å². The fourth-order valence-electron chi connectivity index (χ4n) is 2.01. The van der Waals surface area contributed by atoms with E-state index in [1.807, 2.05) is 0 Å². The molecule has 0 bridgehead atoms. The number of carbonyl (C=O) groups excluding carboxylic acids is 3. The summed E-state index contributed by atoms with van der Waals surface area (Å²) in [5, 5.41) is 0. The second-order valence-electron chi connectivity index (χ2n) is 4.44. The first-order valence-electron chi connectivity index (χ1n) is 6.49. The molecule has 0 aliphatic carbocycles. The summed E-state index contributed by atoms with van der Waals surface area (Å²) in [6.07, 6.45) is 0. The van der Waals surface area contributed by atoms with Crippen LogP contribution < -0.4 is 0 Å². The minimum Gasteiger partial charge on any atom is -0.465 e. The molecule has 0 N–H and O–H groups in total. The number of hydrogen-bond donors (Lipinski definition) is 0. The minimum atomic E-state index is -0.705. The van der Waals surface area contributed by atoms with Crippen molar-refractivity contribution in [1.29, 1.82) is 0 Å². The number of ketones is 1. The van der Waals surface area contributed by atoms with Crippen LogP contribution in [0.5, 0.6) is 0 Å². The summed E-state index contributed by atoms with van der Waals surface area (Å²) in [7, 11) is 2.42. The highest BCUT2D eigenvalue weighted by Gasteiger charge is 2.21. The third kappa shape index (κ3) is 3.03. The molecule has 0 unspecified atom stereocenters. The number of carbonyl (C=O) groups is 3. The Morgan fingerprint density at radius 1 is 0.727 bits per heavy atom. The normalized spacial score (nSPS) is 9.91. The van der Waals surface area contributed by atoms with Gasteiger partial charge in [-0.3, -0.25) is 4.79 Å². The average Bonchev–Trinajstić information content (AvgIpc) is 2.59. The Morgan fingerprint density at radius 2 is 1.32 bits per heavy atom. The second-order valence-corrected chi connectivity index (χ2v) is 4.44. The predicted octanol–water partition coefficient (Wildman–Crippen LogP) is 2.49. The molecule has 22 heavy (non-hydrogen) atoms. The van der Waals surface area contributed by atoms with E-state index >= 15 is 0 Å². The quantitative estimate of drug-likeness (QED) is 0.640. The van der Waals surface area contributed by atoms with Gasteiger partial charge in [0.05, 0.1) is 25.3 Å². The van der Waals surface area contributed by atoms with Crippen LogP contribution in [0.4, 0.5) is 0 Å². The van der Waals surface area contributed by atoms with Crippen LogP contribution in [0.2, 0.25) is 0 Å². The summed E-state index contributed by atoms with van der Waals surface area (Å²) >= 11 is 0. The molecule has 0 heterocycles.